The maximum Gasteiger partial charge on any atom is 0.256 e. The van der Waals surface area contributed by atoms with E-state index < -0.39 is 7.42 Å². The van der Waals surface area contributed by atoms with E-state index >= 15 is 0 Å². The van der Waals surface area contributed by atoms with Crippen molar-refractivity contribution >= 4 is 29.6 Å². The number of rotatable bonds is 2. The maximum absolute atomic E-state index is 6.38. The summed E-state index contributed by atoms with van der Waals surface area (Å²) < 4.78 is 0. The monoisotopic (exact) mass is 265 g/mol. The second-order valence-electron chi connectivity index (χ2n) is 5.06. The molecule has 88 valence electrons. The van der Waals surface area contributed by atoms with Crippen LogP contribution in [-0.2, 0) is 0 Å². The number of hydrogen-bond donors (Lipinski definition) is 1. The van der Waals surface area contributed by atoms with Gasteiger partial charge in [0.2, 0.25) is 0 Å². The van der Waals surface area contributed by atoms with Crippen LogP contribution in [0.5, 0.6) is 0 Å². The van der Waals surface area contributed by atoms with Crippen LogP contribution in [0, 0.1) is 11.8 Å². The Kier molecular flexibility index (Phi) is 4.03. The quantitative estimate of drug-likeness (QED) is 0.598. The molecule has 1 aliphatic carbocycles. The molecule has 1 saturated heterocycles. The molecule has 2 fully saturated rings. The molecular weight excluding hydrogens is 245 g/mol. The van der Waals surface area contributed by atoms with Crippen molar-refractivity contribution in [2.75, 3.05) is 6.54 Å². The topological polar surface area (TPSA) is 12.0 Å². The van der Waals surface area contributed by atoms with E-state index in [-0.39, 0.29) is 5.16 Å². The van der Waals surface area contributed by atoms with Gasteiger partial charge < -0.3 is 5.32 Å². The maximum atomic E-state index is 6.38. The minimum Gasteiger partial charge on any atom is -0.311 e. The van der Waals surface area contributed by atoms with E-state index in [1.165, 1.54) is 32.1 Å². The lowest BCUT2D eigenvalue weighted by molar-refractivity contribution is 0.105. The van der Waals surface area contributed by atoms with Gasteiger partial charge in [0.25, 0.3) is 7.42 Å². The normalized spacial score (nSPS) is 41.6. The van der Waals surface area contributed by atoms with Gasteiger partial charge in [0, 0.05) is 5.16 Å². The molecule has 15 heavy (non-hydrogen) atoms. The highest BCUT2D eigenvalue weighted by Gasteiger charge is 2.49. The van der Waals surface area contributed by atoms with Crippen LogP contribution in [0.1, 0.15) is 45.4 Å². The van der Waals surface area contributed by atoms with E-state index in [9.17, 15) is 0 Å². The fourth-order valence-electron chi connectivity index (χ4n) is 3.63. The molecule has 0 aromatic heterocycles. The molecule has 1 aliphatic heterocycles. The first kappa shape index (κ1) is 12.2. The average Bonchev–Trinajstić information content (AvgIpc) is 2.28. The van der Waals surface area contributed by atoms with E-state index in [2.05, 4.69) is 12.2 Å². The summed E-state index contributed by atoms with van der Waals surface area (Å²) in [4.78, 5) is 0. The van der Waals surface area contributed by atoms with Crippen molar-refractivity contribution in [3.63, 3.8) is 0 Å². The van der Waals surface area contributed by atoms with E-state index in [1.807, 2.05) is 0 Å². The Balaban J connectivity index is 2.20. The highest BCUT2D eigenvalue weighted by molar-refractivity contribution is 7.35. The summed E-state index contributed by atoms with van der Waals surface area (Å²) in [5, 5.41) is 3.81. The Labute approximate surface area is 104 Å². The Morgan fingerprint density at radius 3 is 2.67 bits per heavy atom. The van der Waals surface area contributed by atoms with E-state index in [4.69, 9.17) is 22.2 Å². The molecule has 0 spiro atoms. The molecule has 0 aromatic carbocycles. The van der Waals surface area contributed by atoms with Crippen LogP contribution in [0.25, 0.3) is 0 Å². The van der Waals surface area contributed by atoms with Crippen LogP contribution in [-0.4, -0.2) is 19.1 Å². The van der Waals surface area contributed by atoms with E-state index in [1.54, 1.807) is 0 Å². The van der Waals surface area contributed by atoms with Crippen LogP contribution < -0.4 is 5.32 Å². The molecular formula is C11H21Cl2NSi. The SMILES string of the molecule is CCC1([SiH](Cl)Cl)NCCC2CCCCC21. The first-order valence-electron chi connectivity index (χ1n) is 6.24. The second kappa shape index (κ2) is 4.95. The first-order chi connectivity index (χ1) is 7.20. The van der Waals surface area contributed by atoms with E-state index in [0.29, 0.717) is 0 Å². The Bertz CT molecular complexity index is 223. The molecule has 4 heteroatoms. The summed E-state index contributed by atoms with van der Waals surface area (Å²) in [6, 6.07) is 0. The van der Waals surface area contributed by atoms with Crippen molar-refractivity contribution in [2.45, 2.75) is 50.6 Å². The molecule has 1 nitrogen and oxygen atoms in total. The van der Waals surface area contributed by atoms with Gasteiger partial charge in [-0.15, -0.1) is 22.2 Å². The molecule has 0 amide bonds. The number of fused-ring (bicyclic) bond motifs is 1. The fourth-order valence-corrected chi connectivity index (χ4v) is 7.36. The Morgan fingerprint density at radius 2 is 2.00 bits per heavy atom. The predicted molar refractivity (Wildman–Crippen MR) is 69.9 cm³/mol. The fraction of sp³-hybridized carbons (Fsp3) is 1.00. The lowest BCUT2D eigenvalue weighted by Gasteiger charge is -2.51. The second-order valence-corrected chi connectivity index (χ2v) is 9.98. The zero-order valence-corrected chi connectivity index (χ0v) is 12.1. The van der Waals surface area contributed by atoms with Gasteiger partial charge in [0.15, 0.2) is 0 Å². The lowest BCUT2D eigenvalue weighted by atomic mass is 9.70. The molecule has 2 rings (SSSR count). The van der Waals surface area contributed by atoms with Gasteiger partial charge in [-0.2, -0.15) is 0 Å². The van der Waals surface area contributed by atoms with Crippen molar-refractivity contribution < 1.29 is 0 Å². The van der Waals surface area contributed by atoms with Gasteiger partial charge in [-0.1, -0.05) is 26.2 Å². The minimum atomic E-state index is -1.65. The zero-order chi connectivity index (χ0) is 10.9. The highest BCUT2D eigenvalue weighted by atomic mass is 35.7. The average molecular weight is 266 g/mol. The molecule has 1 saturated carbocycles. The van der Waals surface area contributed by atoms with Gasteiger partial charge in [-0.3, -0.25) is 0 Å². The van der Waals surface area contributed by atoms with Gasteiger partial charge >= 0.3 is 0 Å². The molecule has 0 bridgehead atoms. The molecule has 2 aliphatic rings. The van der Waals surface area contributed by atoms with E-state index in [0.717, 1.165) is 24.8 Å². The van der Waals surface area contributed by atoms with Gasteiger partial charge in [-0.25, -0.2) is 0 Å². The molecule has 0 radical (unpaired) electrons. The van der Waals surface area contributed by atoms with Crippen molar-refractivity contribution in [2.24, 2.45) is 11.8 Å². The van der Waals surface area contributed by atoms with Crippen molar-refractivity contribution in [3.8, 4) is 0 Å². The first-order valence-corrected chi connectivity index (χ1v) is 10.3. The highest BCUT2D eigenvalue weighted by Crippen LogP contribution is 2.45. The predicted octanol–water partition coefficient (Wildman–Crippen LogP) is 3.17. The standard InChI is InChI=1S/C11H21Cl2NSi/c1-2-11(15(12)13)10-6-4-3-5-9(10)7-8-14-11/h9-10,14-15H,2-8H2,1H3. The van der Waals surface area contributed by atoms with Crippen LogP contribution >= 0.6 is 22.2 Å². The third-order valence-corrected chi connectivity index (χ3v) is 8.67. The van der Waals surface area contributed by atoms with Crippen LogP contribution in [0.3, 0.4) is 0 Å². The molecule has 0 aromatic rings. The minimum absolute atomic E-state index is 0.131. The van der Waals surface area contributed by atoms with Crippen LogP contribution in [0.15, 0.2) is 0 Å². The lowest BCUT2D eigenvalue weighted by Crippen LogP contribution is -2.63. The molecule has 3 atom stereocenters. The summed E-state index contributed by atoms with van der Waals surface area (Å²) in [5.74, 6) is 1.66. The number of nitrogens with one attached hydrogen (secondary N) is 1. The molecule has 1 N–H and O–H groups in total. The van der Waals surface area contributed by atoms with Crippen LogP contribution in [0.2, 0.25) is 0 Å². The largest absolute Gasteiger partial charge is 0.311 e. The smallest absolute Gasteiger partial charge is 0.256 e. The van der Waals surface area contributed by atoms with Gasteiger partial charge in [0.05, 0.1) is 0 Å². The third-order valence-electron chi connectivity index (χ3n) is 4.51. The van der Waals surface area contributed by atoms with Gasteiger partial charge in [-0.05, 0) is 37.6 Å². The molecule has 3 unspecified atom stereocenters. The van der Waals surface area contributed by atoms with Crippen molar-refractivity contribution in [3.05, 3.63) is 0 Å². The zero-order valence-electron chi connectivity index (χ0n) is 9.44. The van der Waals surface area contributed by atoms with Crippen molar-refractivity contribution in [1.82, 2.24) is 5.32 Å². The summed E-state index contributed by atoms with van der Waals surface area (Å²) >= 11 is 12.8. The summed E-state index contributed by atoms with van der Waals surface area (Å²) in [5.41, 5.74) is 0. The number of piperidine rings is 1. The van der Waals surface area contributed by atoms with Gasteiger partial charge in [0.1, 0.15) is 0 Å². The Morgan fingerprint density at radius 1 is 1.27 bits per heavy atom. The summed E-state index contributed by atoms with van der Waals surface area (Å²) in [7, 11) is -1.65. The molecule has 1 heterocycles. The number of hydrogen-bond acceptors (Lipinski definition) is 1. The Hall–Kier alpha value is 0.757. The van der Waals surface area contributed by atoms with Crippen molar-refractivity contribution in [1.29, 1.82) is 0 Å². The summed E-state index contributed by atoms with van der Waals surface area (Å²) in [6.07, 6.45) is 7.98. The summed E-state index contributed by atoms with van der Waals surface area (Å²) in [6.45, 7) is 3.37. The van der Waals surface area contributed by atoms with Crippen LogP contribution in [0.4, 0.5) is 0 Å². The number of halogens is 2. The third kappa shape index (κ3) is 2.11.